The molecule has 0 saturated carbocycles. The summed E-state index contributed by atoms with van der Waals surface area (Å²) in [6.07, 6.45) is 17.9. The predicted octanol–water partition coefficient (Wildman–Crippen LogP) is 5.42. The number of likely N-dealkylation sites (N-methyl/N-ethyl adjacent to an activating group) is 1. The molecule has 1 aliphatic heterocycles. The zero-order valence-corrected chi connectivity index (χ0v) is 13.9. The molecule has 0 atom stereocenters. The van der Waals surface area contributed by atoms with Gasteiger partial charge in [0.25, 0.3) is 0 Å². The fourth-order valence-electron chi connectivity index (χ4n) is 4.20. The first-order chi connectivity index (χ1) is 10.6. The Balaban J connectivity index is 1.76. The molecule has 4 rings (SSSR count). The number of hydrogen-bond donors (Lipinski definition) is 0. The molecule has 4 aliphatic rings. The van der Waals surface area contributed by atoms with E-state index < -0.39 is 0 Å². The fourth-order valence-corrected chi connectivity index (χ4v) is 4.20. The van der Waals surface area contributed by atoms with Crippen LogP contribution in [0.15, 0.2) is 69.6 Å². The van der Waals surface area contributed by atoms with Gasteiger partial charge in [-0.25, -0.2) is 0 Å². The molecule has 0 saturated heterocycles. The Morgan fingerprint density at radius 2 is 1.91 bits per heavy atom. The van der Waals surface area contributed by atoms with Crippen molar-refractivity contribution in [2.75, 3.05) is 7.05 Å². The van der Waals surface area contributed by atoms with Crippen molar-refractivity contribution >= 4 is 0 Å². The average molecular weight is 291 g/mol. The second-order valence-electron chi connectivity index (χ2n) is 7.18. The van der Waals surface area contributed by atoms with Crippen LogP contribution < -0.4 is 0 Å². The molecular weight excluding hydrogens is 266 g/mol. The van der Waals surface area contributed by atoms with Gasteiger partial charge in [-0.05, 0) is 66.4 Å². The van der Waals surface area contributed by atoms with Crippen LogP contribution in [0.3, 0.4) is 0 Å². The highest BCUT2D eigenvalue weighted by Gasteiger charge is 2.33. The lowest BCUT2D eigenvalue weighted by atomic mass is 9.93. The molecule has 0 fully saturated rings. The van der Waals surface area contributed by atoms with E-state index in [-0.39, 0.29) is 0 Å². The van der Waals surface area contributed by atoms with Crippen LogP contribution >= 0.6 is 0 Å². The van der Waals surface area contributed by atoms with E-state index in [0.29, 0.717) is 5.92 Å². The number of hydrogen-bond acceptors (Lipinski definition) is 1. The molecule has 0 radical (unpaired) electrons. The summed E-state index contributed by atoms with van der Waals surface area (Å²) in [5.41, 5.74) is 10.7. The van der Waals surface area contributed by atoms with Crippen LogP contribution in [0, 0.1) is 5.92 Å². The molecule has 0 N–H and O–H groups in total. The number of allylic oxidation sites excluding steroid dienone is 9. The van der Waals surface area contributed by atoms with Gasteiger partial charge in [0, 0.05) is 18.4 Å². The van der Waals surface area contributed by atoms with Gasteiger partial charge in [-0.1, -0.05) is 43.7 Å². The van der Waals surface area contributed by atoms with Crippen molar-refractivity contribution < 1.29 is 0 Å². The van der Waals surface area contributed by atoms with Crippen LogP contribution in [0.1, 0.15) is 46.0 Å². The van der Waals surface area contributed by atoms with Crippen LogP contribution in [0.25, 0.3) is 0 Å². The Hall–Kier alpha value is -1.76. The van der Waals surface area contributed by atoms with Crippen LogP contribution in [-0.4, -0.2) is 11.9 Å². The first-order valence-electron chi connectivity index (χ1n) is 8.61. The highest BCUT2D eigenvalue weighted by molar-refractivity contribution is 5.62. The van der Waals surface area contributed by atoms with Crippen LogP contribution in [0.2, 0.25) is 0 Å². The van der Waals surface area contributed by atoms with Gasteiger partial charge >= 0.3 is 0 Å². The maximum atomic E-state index is 2.48. The quantitative estimate of drug-likeness (QED) is 0.623. The largest absolute Gasteiger partial charge is 0.344 e. The molecule has 0 spiro atoms. The summed E-state index contributed by atoms with van der Waals surface area (Å²) in [7, 11) is 2.25. The van der Waals surface area contributed by atoms with Crippen LogP contribution in [0.4, 0.5) is 0 Å². The van der Waals surface area contributed by atoms with Gasteiger partial charge in [0.2, 0.25) is 0 Å². The molecule has 3 aliphatic carbocycles. The summed E-state index contributed by atoms with van der Waals surface area (Å²) in [5.74, 6) is 0.633. The SMILES string of the molecule is CC(C)C1=CC2=C(C=CC1)N(C)C1=C(CC3=CCCC=C31)C2. The van der Waals surface area contributed by atoms with Crippen molar-refractivity contribution in [3.8, 4) is 0 Å². The molecule has 22 heavy (non-hydrogen) atoms. The highest BCUT2D eigenvalue weighted by Crippen LogP contribution is 2.47. The smallest absolute Gasteiger partial charge is 0.0480 e. The van der Waals surface area contributed by atoms with E-state index in [4.69, 9.17) is 0 Å². The number of nitrogens with zero attached hydrogens (tertiary/aromatic N) is 1. The molecule has 1 heterocycles. The lowest BCUT2D eigenvalue weighted by Gasteiger charge is -2.31. The normalized spacial score (nSPS) is 23.8. The summed E-state index contributed by atoms with van der Waals surface area (Å²) in [4.78, 5) is 2.45. The third kappa shape index (κ3) is 2.06. The lowest BCUT2D eigenvalue weighted by molar-refractivity contribution is 0.523. The molecule has 0 aromatic carbocycles. The van der Waals surface area contributed by atoms with Crippen molar-refractivity contribution in [3.63, 3.8) is 0 Å². The van der Waals surface area contributed by atoms with E-state index in [0.717, 1.165) is 19.3 Å². The van der Waals surface area contributed by atoms with Crippen molar-refractivity contribution in [1.82, 2.24) is 4.90 Å². The van der Waals surface area contributed by atoms with Crippen LogP contribution in [-0.2, 0) is 0 Å². The molecule has 0 aromatic rings. The maximum absolute atomic E-state index is 2.48. The van der Waals surface area contributed by atoms with E-state index in [9.17, 15) is 0 Å². The van der Waals surface area contributed by atoms with Crippen molar-refractivity contribution in [1.29, 1.82) is 0 Å². The standard InChI is InChI=1S/C21H25N/c1-14(2)15-8-6-10-20-17(11-15)13-18-12-16-7-4-5-9-19(16)21(18)22(20)3/h6-7,9-11,14H,4-5,8,12-13H2,1-3H3. The van der Waals surface area contributed by atoms with Gasteiger partial charge in [0.1, 0.15) is 0 Å². The molecule has 0 unspecified atom stereocenters. The maximum Gasteiger partial charge on any atom is 0.0480 e. The molecule has 0 amide bonds. The van der Waals surface area contributed by atoms with Crippen LogP contribution in [0.5, 0.6) is 0 Å². The van der Waals surface area contributed by atoms with Gasteiger partial charge < -0.3 is 4.90 Å². The summed E-state index contributed by atoms with van der Waals surface area (Å²) in [6.45, 7) is 4.62. The lowest BCUT2D eigenvalue weighted by Crippen LogP contribution is -2.22. The molecular formula is C21H25N. The minimum Gasteiger partial charge on any atom is -0.344 e. The minimum atomic E-state index is 0.633. The summed E-state index contributed by atoms with van der Waals surface area (Å²) in [5, 5.41) is 0. The highest BCUT2D eigenvalue weighted by atomic mass is 15.1. The van der Waals surface area contributed by atoms with Gasteiger partial charge in [0.15, 0.2) is 0 Å². The third-order valence-electron chi connectivity index (χ3n) is 5.41. The molecule has 114 valence electrons. The third-order valence-corrected chi connectivity index (χ3v) is 5.41. The Labute approximate surface area is 134 Å². The predicted molar refractivity (Wildman–Crippen MR) is 93.1 cm³/mol. The Bertz CT molecular complexity index is 704. The van der Waals surface area contributed by atoms with Gasteiger partial charge in [0.05, 0.1) is 0 Å². The Kier molecular flexibility index (Phi) is 3.25. The molecule has 0 bridgehead atoms. The first kappa shape index (κ1) is 13.9. The van der Waals surface area contributed by atoms with E-state index in [1.54, 1.807) is 16.7 Å². The van der Waals surface area contributed by atoms with Gasteiger partial charge in [-0.15, -0.1) is 0 Å². The van der Waals surface area contributed by atoms with Gasteiger partial charge in [-0.3, -0.25) is 0 Å². The van der Waals surface area contributed by atoms with Gasteiger partial charge in [-0.2, -0.15) is 0 Å². The summed E-state index contributed by atoms with van der Waals surface area (Å²) < 4.78 is 0. The molecule has 1 heteroatoms. The monoisotopic (exact) mass is 291 g/mol. The van der Waals surface area contributed by atoms with Crippen molar-refractivity contribution in [2.45, 2.75) is 46.0 Å². The second kappa shape index (κ2) is 5.15. The number of fused-ring (bicyclic) bond motifs is 2. The van der Waals surface area contributed by atoms with E-state index in [2.05, 4.69) is 56.2 Å². The molecule has 1 nitrogen and oxygen atoms in total. The summed E-state index contributed by atoms with van der Waals surface area (Å²) >= 11 is 0. The fraction of sp³-hybridized carbons (Fsp3) is 0.429. The summed E-state index contributed by atoms with van der Waals surface area (Å²) in [6, 6.07) is 0. The molecule has 0 aromatic heterocycles. The van der Waals surface area contributed by atoms with E-state index in [1.165, 1.54) is 35.4 Å². The van der Waals surface area contributed by atoms with E-state index >= 15 is 0 Å². The topological polar surface area (TPSA) is 3.24 Å². The minimum absolute atomic E-state index is 0.633. The van der Waals surface area contributed by atoms with E-state index in [1.807, 2.05) is 0 Å². The van der Waals surface area contributed by atoms with Crippen molar-refractivity contribution in [2.24, 2.45) is 5.92 Å². The zero-order chi connectivity index (χ0) is 15.3. The number of rotatable bonds is 1. The Morgan fingerprint density at radius 3 is 2.73 bits per heavy atom. The van der Waals surface area contributed by atoms with Crippen molar-refractivity contribution in [3.05, 3.63) is 69.6 Å². The first-order valence-corrected chi connectivity index (χ1v) is 8.61. The second-order valence-corrected chi connectivity index (χ2v) is 7.18. The average Bonchev–Trinajstić information content (AvgIpc) is 2.72. The zero-order valence-electron chi connectivity index (χ0n) is 13.9. The Morgan fingerprint density at radius 1 is 1.09 bits per heavy atom.